The molecule has 2 rings (SSSR count). The van der Waals surface area contributed by atoms with Crippen molar-refractivity contribution in [2.75, 3.05) is 10.7 Å². The third kappa shape index (κ3) is 3.00. The molecule has 0 aromatic carbocycles. The van der Waals surface area contributed by atoms with Gasteiger partial charge in [0.1, 0.15) is 23.8 Å². The van der Waals surface area contributed by atoms with Crippen LogP contribution in [-0.2, 0) is 20.0 Å². The lowest BCUT2D eigenvalue weighted by atomic mass is 10.1. The van der Waals surface area contributed by atoms with Gasteiger partial charge >= 0.3 is 0 Å². The summed E-state index contributed by atoms with van der Waals surface area (Å²) >= 11 is 0. The number of hydrogen-bond donors (Lipinski definition) is 3. The quantitative estimate of drug-likeness (QED) is 0.532. The number of nitrogens with two attached hydrogens (primary N) is 1. The van der Waals surface area contributed by atoms with Crippen LogP contribution in [-0.4, -0.2) is 19.5 Å². The van der Waals surface area contributed by atoms with E-state index in [1.807, 2.05) is 17.8 Å². The Labute approximate surface area is 112 Å². The van der Waals surface area contributed by atoms with Crippen molar-refractivity contribution in [3.05, 3.63) is 30.1 Å². The van der Waals surface area contributed by atoms with E-state index in [9.17, 15) is 0 Å². The number of aromatic nitrogens is 4. The number of aryl methyl sites for hydroxylation is 1. The zero-order valence-electron chi connectivity index (χ0n) is 11.2. The first-order chi connectivity index (χ1) is 9.26. The maximum Gasteiger partial charge on any atom is 0.148 e. The maximum absolute atomic E-state index is 5.48. The Hall–Kier alpha value is -2.15. The van der Waals surface area contributed by atoms with Gasteiger partial charge in [0.05, 0.1) is 6.54 Å². The largest absolute Gasteiger partial charge is 0.362 e. The Bertz CT molecular complexity index is 535. The highest BCUT2D eigenvalue weighted by Gasteiger charge is 2.10. The van der Waals surface area contributed by atoms with Gasteiger partial charge in [-0.1, -0.05) is 13.3 Å². The van der Waals surface area contributed by atoms with E-state index in [-0.39, 0.29) is 0 Å². The monoisotopic (exact) mass is 261 g/mol. The number of hydrogen-bond acceptors (Lipinski definition) is 6. The first-order valence-corrected chi connectivity index (χ1v) is 6.26. The van der Waals surface area contributed by atoms with Gasteiger partial charge in [-0.2, -0.15) is 0 Å². The molecule has 2 aromatic rings. The average Bonchev–Trinajstić information content (AvgIpc) is 2.83. The predicted molar refractivity (Wildman–Crippen MR) is 74.4 cm³/mol. The fourth-order valence-electron chi connectivity index (χ4n) is 1.91. The molecule has 0 atom stereocenters. The molecule has 0 aliphatic rings. The number of anilines is 2. The van der Waals surface area contributed by atoms with Crippen molar-refractivity contribution >= 4 is 11.6 Å². The van der Waals surface area contributed by atoms with E-state index in [4.69, 9.17) is 5.84 Å². The maximum atomic E-state index is 5.48. The number of rotatable bonds is 6. The Kier molecular flexibility index (Phi) is 4.30. The molecule has 0 saturated heterocycles. The molecule has 0 aliphatic carbocycles. The summed E-state index contributed by atoms with van der Waals surface area (Å²) in [6.45, 7) is 2.72. The second kappa shape index (κ2) is 6.14. The lowest BCUT2D eigenvalue weighted by Crippen LogP contribution is -2.15. The second-order valence-corrected chi connectivity index (χ2v) is 4.25. The highest BCUT2D eigenvalue weighted by Crippen LogP contribution is 2.21. The number of nitrogen functional groups attached to an aromatic ring is 1. The first kappa shape index (κ1) is 13.3. The van der Waals surface area contributed by atoms with Crippen molar-refractivity contribution in [3.63, 3.8) is 0 Å². The van der Waals surface area contributed by atoms with Gasteiger partial charge in [0, 0.05) is 25.0 Å². The Morgan fingerprint density at radius 2 is 2.05 bits per heavy atom. The van der Waals surface area contributed by atoms with Crippen molar-refractivity contribution in [2.45, 2.75) is 26.3 Å². The van der Waals surface area contributed by atoms with Gasteiger partial charge in [0.15, 0.2) is 0 Å². The lowest BCUT2D eigenvalue weighted by molar-refractivity contribution is 0.807. The van der Waals surface area contributed by atoms with Crippen molar-refractivity contribution in [3.8, 4) is 0 Å². The molecule has 0 fully saturated rings. The van der Waals surface area contributed by atoms with Gasteiger partial charge in [-0.15, -0.1) is 0 Å². The van der Waals surface area contributed by atoms with E-state index in [1.165, 1.54) is 6.33 Å². The number of hydrazine groups is 1. The molecule has 102 valence electrons. The van der Waals surface area contributed by atoms with Gasteiger partial charge in [0.2, 0.25) is 0 Å². The standard InChI is InChI=1S/C12H19N7/c1-3-4-9-11(16-8-17-12(9)18-13)15-7-10-14-5-6-19(10)2/h5-6,8H,3-4,7,13H2,1-2H3,(H2,15,16,17,18). The Balaban J connectivity index is 2.17. The van der Waals surface area contributed by atoms with Crippen molar-refractivity contribution < 1.29 is 0 Å². The molecule has 7 nitrogen and oxygen atoms in total. The van der Waals surface area contributed by atoms with Gasteiger partial charge in [-0.05, 0) is 6.42 Å². The van der Waals surface area contributed by atoms with Crippen LogP contribution in [0, 0.1) is 0 Å². The molecule has 2 aromatic heterocycles. The van der Waals surface area contributed by atoms with E-state index in [2.05, 4.69) is 32.6 Å². The molecular formula is C12H19N7. The van der Waals surface area contributed by atoms with Gasteiger partial charge in [-0.25, -0.2) is 20.8 Å². The second-order valence-electron chi connectivity index (χ2n) is 4.25. The highest BCUT2D eigenvalue weighted by molar-refractivity contribution is 5.56. The van der Waals surface area contributed by atoms with Crippen molar-refractivity contribution in [1.82, 2.24) is 19.5 Å². The summed E-state index contributed by atoms with van der Waals surface area (Å²) in [6.07, 6.45) is 7.05. The normalized spacial score (nSPS) is 10.5. The van der Waals surface area contributed by atoms with Crippen LogP contribution in [0.5, 0.6) is 0 Å². The van der Waals surface area contributed by atoms with E-state index < -0.39 is 0 Å². The Morgan fingerprint density at radius 1 is 1.26 bits per heavy atom. The molecule has 4 N–H and O–H groups in total. The number of nitrogens with zero attached hydrogens (tertiary/aromatic N) is 4. The minimum absolute atomic E-state index is 0.612. The summed E-state index contributed by atoms with van der Waals surface area (Å²) in [5.41, 5.74) is 3.61. The van der Waals surface area contributed by atoms with Crippen LogP contribution in [0.25, 0.3) is 0 Å². The highest BCUT2D eigenvalue weighted by atomic mass is 15.3. The summed E-state index contributed by atoms with van der Waals surface area (Å²) in [6, 6.07) is 0. The summed E-state index contributed by atoms with van der Waals surface area (Å²) < 4.78 is 1.97. The van der Waals surface area contributed by atoms with E-state index >= 15 is 0 Å². The SMILES string of the molecule is CCCc1c(NN)ncnc1NCc1nccn1C. The summed E-state index contributed by atoms with van der Waals surface area (Å²) in [4.78, 5) is 12.7. The summed E-state index contributed by atoms with van der Waals surface area (Å²) in [5, 5.41) is 3.29. The van der Waals surface area contributed by atoms with Crippen LogP contribution in [0.3, 0.4) is 0 Å². The van der Waals surface area contributed by atoms with Crippen LogP contribution < -0.4 is 16.6 Å². The van der Waals surface area contributed by atoms with E-state index in [0.29, 0.717) is 12.4 Å². The zero-order valence-corrected chi connectivity index (χ0v) is 11.2. The number of imidazole rings is 1. The lowest BCUT2D eigenvalue weighted by Gasteiger charge is -2.13. The molecule has 0 saturated carbocycles. The van der Waals surface area contributed by atoms with Crippen LogP contribution in [0.4, 0.5) is 11.6 Å². The molecule has 7 heteroatoms. The molecule has 0 aliphatic heterocycles. The van der Waals surface area contributed by atoms with Crippen molar-refractivity contribution in [2.24, 2.45) is 12.9 Å². The smallest absolute Gasteiger partial charge is 0.148 e. The summed E-state index contributed by atoms with van der Waals surface area (Å²) in [7, 11) is 1.96. The molecule has 0 spiro atoms. The van der Waals surface area contributed by atoms with Crippen LogP contribution in [0.2, 0.25) is 0 Å². The molecule has 2 heterocycles. The molecular weight excluding hydrogens is 242 g/mol. The molecule has 0 bridgehead atoms. The third-order valence-electron chi connectivity index (χ3n) is 2.92. The fraction of sp³-hybridized carbons (Fsp3) is 0.417. The summed E-state index contributed by atoms with van der Waals surface area (Å²) in [5.74, 6) is 7.89. The zero-order chi connectivity index (χ0) is 13.7. The van der Waals surface area contributed by atoms with Crippen LogP contribution >= 0.6 is 0 Å². The van der Waals surface area contributed by atoms with Gasteiger partial charge < -0.3 is 15.3 Å². The van der Waals surface area contributed by atoms with Crippen molar-refractivity contribution in [1.29, 1.82) is 0 Å². The van der Waals surface area contributed by atoms with Gasteiger partial charge in [-0.3, -0.25) is 0 Å². The molecule has 0 amide bonds. The molecule has 0 radical (unpaired) electrons. The van der Waals surface area contributed by atoms with E-state index in [1.54, 1.807) is 6.20 Å². The van der Waals surface area contributed by atoms with Crippen LogP contribution in [0.15, 0.2) is 18.7 Å². The van der Waals surface area contributed by atoms with E-state index in [0.717, 1.165) is 30.0 Å². The average molecular weight is 261 g/mol. The minimum Gasteiger partial charge on any atom is -0.362 e. The third-order valence-corrected chi connectivity index (χ3v) is 2.92. The first-order valence-electron chi connectivity index (χ1n) is 6.26. The fourth-order valence-corrected chi connectivity index (χ4v) is 1.91. The Morgan fingerprint density at radius 3 is 2.68 bits per heavy atom. The predicted octanol–water partition coefficient (Wildman–Crippen LogP) is 1.06. The number of nitrogens with one attached hydrogen (secondary N) is 2. The minimum atomic E-state index is 0.612. The van der Waals surface area contributed by atoms with Crippen LogP contribution in [0.1, 0.15) is 24.7 Å². The molecule has 19 heavy (non-hydrogen) atoms. The molecule has 0 unspecified atom stereocenters. The van der Waals surface area contributed by atoms with Gasteiger partial charge in [0.25, 0.3) is 0 Å². The topological polar surface area (TPSA) is 93.7 Å².